The third-order valence-electron chi connectivity index (χ3n) is 8.84. The highest BCUT2D eigenvalue weighted by atomic mass is 16.3. The Morgan fingerprint density at radius 2 is 1.32 bits per heavy atom. The minimum atomic E-state index is 0.219. The van der Waals surface area contributed by atoms with Crippen molar-refractivity contribution < 1.29 is 5.11 Å². The van der Waals surface area contributed by atoms with Gasteiger partial charge in [-0.15, -0.1) is 0 Å². The molecule has 3 aliphatic rings. The average molecular weight is 484 g/mol. The first-order valence-corrected chi connectivity index (χ1v) is 15.6. The molecule has 0 aromatic rings. The lowest BCUT2D eigenvalue weighted by molar-refractivity contribution is -0.0678. The van der Waals surface area contributed by atoms with E-state index in [1.165, 1.54) is 70.6 Å². The quantitative estimate of drug-likeness (QED) is 0.408. The Balaban J connectivity index is 0. The summed E-state index contributed by atoms with van der Waals surface area (Å²) in [6, 6.07) is 0. The van der Waals surface area contributed by atoms with Gasteiger partial charge in [-0.05, 0) is 86.0 Å². The van der Waals surface area contributed by atoms with Crippen LogP contribution in [0.3, 0.4) is 0 Å². The van der Waals surface area contributed by atoms with Crippen LogP contribution in [-0.4, -0.2) is 18.3 Å². The van der Waals surface area contributed by atoms with E-state index in [0.29, 0.717) is 17.4 Å². The summed E-state index contributed by atoms with van der Waals surface area (Å²) in [7, 11) is 0. The highest BCUT2D eigenvalue weighted by Crippen LogP contribution is 2.63. The van der Waals surface area contributed by atoms with Crippen molar-refractivity contribution in [2.24, 2.45) is 40.2 Å². The van der Waals surface area contributed by atoms with Crippen LogP contribution in [-0.2, 0) is 0 Å². The highest BCUT2D eigenvalue weighted by molar-refractivity contribution is 5.03. The molecule has 0 heterocycles. The van der Waals surface area contributed by atoms with Crippen molar-refractivity contribution in [2.45, 2.75) is 159 Å². The van der Waals surface area contributed by atoms with Crippen molar-refractivity contribution in [2.75, 3.05) is 13.2 Å². The fourth-order valence-electron chi connectivity index (χ4n) is 7.35. The first-order chi connectivity index (χ1) is 16.3. The predicted octanol–water partition coefficient (Wildman–Crippen LogP) is 10.0. The zero-order valence-electron chi connectivity index (χ0n) is 25.6. The van der Waals surface area contributed by atoms with Gasteiger partial charge in [0.25, 0.3) is 0 Å². The molecule has 0 amide bonds. The Morgan fingerprint density at radius 1 is 0.735 bits per heavy atom. The van der Waals surface area contributed by atoms with Crippen molar-refractivity contribution >= 4 is 0 Å². The van der Waals surface area contributed by atoms with E-state index < -0.39 is 0 Å². The van der Waals surface area contributed by atoms with E-state index in [1.807, 2.05) is 13.8 Å². The first-order valence-electron chi connectivity index (χ1n) is 15.6. The van der Waals surface area contributed by atoms with Gasteiger partial charge in [-0.1, -0.05) is 114 Å². The SMILES string of the molecule is CC.CCC.CCC.CCC1C2CCC[C@@]2(C)CCC1[C@@]1(C)CCCCC1CC.NCCCO. The molecule has 0 bridgehead atoms. The monoisotopic (exact) mass is 484 g/mol. The summed E-state index contributed by atoms with van der Waals surface area (Å²) in [5, 5.41) is 7.99. The normalized spacial score (nSPS) is 33.9. The smallest absolute Gasteiger partial charge is 0.0443 e. The van der Waals surface area contributed by atoms with Gasteiger partial charge < -0.3 is 10.8 Å². The van der Waals surface area contributed by atoms with Crippen molar-refractivity contribution in [3.8, 4) is 0 Å². The molecule has 3 aliphatic carbocycles. The second-order valence-electron chi connectivity index (χ2n) is 11.5. The van der Waals surface area contributed by atoms with Gasteiger partial charge in [0.05, 0.1) is 0 Å². The summed E-state index contributed by atoms with van der Waals surface area (Å²) in [5.74, 6) is 4.13. The summed E-state index contributed by atoms with van der Waals surface area (Å²) in [4.78, 5) is 0. The maximum absolute atomic E-state index is 7.99. The number of aliphatic hydroxyl groups excluding tert-OH is 1. The second-order valence-corrected chi connectivity index (χ2v) is 11.5. The zero-order valence-corrected chi connectivity index (χ0v) is 25.6. The van der Waals surface area contributed by atoms with Gasteiger partial charge in [0.1, 0.15) is 0 Å². The maximum atomic E-state index is 7.99. The standard InChI is InChI=1S/C21H38.C3H9NO.2C3H8.C2H6/c1-5-16-10-7-8-14-21(16,4)19-12-15-20(3)13-9-11-18(20)17(19)6-2;4-2-1-3-5;2*1-3-2;1-2/h16-19H,5-15H2,1-4H3;5H,1-4H2;2*3H2,1-2H3;1-2H3/t16?,17?,18?,19?,20-,21-;;;;/m0..../s1. The van der Waals surface area contributed by atoms with Gasteiger partial charge >= 0.3 is 0 Å². The van der Waals surface area contributed by atoms with Gasteiger partial charge in [0.2, 0.25) is 0 Å². The highest BCUT2D eigenvalue weighted by Gasteiger charge is 2.54. The van der Waals surface area contributed by atoms with E-state index in [4.69, 9.17) is 10.8 Å². The molecule has 3 N–H and O–H groups in total. The summed E-state index contributed by atoms with van der Waals surface area (Å²) in [6.07, 6.45) is 19.8. The molecule has 3 fully saturated rings. The number of aliphatic hydroxyl groups is 1. The van der Waals surface area contributed by atoms with Crippen molar-refractivity contribution in [1.29, 1.82) is 0 Å². The lowest BCUT2D eigenvalue weighted by Gasteiger charge is -2.56. The van der Waals surface area contributed by atoms with Crippen LogP contribution in [0.2, 0.25) is 0 Å². The molecule has 0 spiro atoms. The molecule has 2 nitrogen and oxygen atoms in total. The summed E-state index contributed by atoms with van der Waals surface area (Å²) in [6.45, 7) is 23.6. The van der Waals surface area contributed by atoms with Gasteiger partial charge in [-0.25, -0.2) is 0 Å². The summed E-state index contributed by atoms with van der Waals surface area (Å²) in [5.41, 5.74) is 6.36. The first kappa shape index (κ1) is 36.1. The van der Waals surface area contributed by atoms with Gasteiger partial charge in [0, 0.05) is 6.61 Å². The molecule has 4 unspecified atom stereocenters. The molecule has 0 aromatic heterocycles. The molecular formula is C32H69NO. The third kappa shape index (κ3) is 10.9. The Hall–Kier alpha value is -0.0800. The predicted molar refractivity (Wildman–Crippen MR) is 156 cm³/mol. The Bertz CT molecular complexity index is 435. The number of nitrogens with two attached hydrogens (primary N) is 1. The molecule has 34 heavy (non-hydrogen) atoms. The summed E-state index contributed by atoms with van der Waals surface area (Å²) < 4.78 is 0. The van der Waals surface area contributed by atoms with E-state index in [0.717, 1.165) is 30.1 Å². The molecule has 0 radical (unpaired) electrons. The molecule has 6 atom stereocenters. The third-order valence-corrected chi connectivity index (χ3v) is 8.84. The molecule has 0 aromatic carbocycles. The Labute approximate surface area is 217 Å². The average Bonchev–Trinajstić information content (AvgIpc) is 3.23. The van der Waals surface area contributed by atoms with Crippen LogP contribution in [0.1, 0.15) is 159 Å². The van der Waals surface area contributed by atoms with Crippen LogP contribution in [0.25, 0.3) is 0 Å². The van der Waals surface area contributed by atoms with Gasteiger partial charge in [-0.3, -0.25) is 0 Å². The van der Waals surface area contributed by atoms with Gasteiger partial charge in [0.15, 0.2) is 0 Å². The van der Waals surface area contributed by atoms with E-state index in [-0.39, 0.29) is 6.61 Å². The van der Waals surface area contributed by atoms with Crippen molar-refractivity contribution in [1.82, 2.24) is 0 Å². The molecule has 3 saturated carbocycles. The fourth-order valence-corrected chi connectivity index (χ4v) is 7.35. The lowest BCUT2D eigenvalue weighted by Crippen LogP contribution is -2.48. The van der Waals surface area contributed by atoms with Crippen molar-refractivity contribution in [3.05, 3.63) is 0 Å². The summed E-state index contributed by atoms with van der Waals surface area (Å²) >= 11 is 0. The van der Waals surface area contributed by atoms with E-state index >= 15 is 0 Å². The van der Waals surface area contributed by atoms with E-state index in [9.17, 15) is 0 Å². The largest absolute Gasteiger partial charge is 0.396 e. The van der Waals surface area contributed by atoms with E-state index in [2.05, 4.69) is 55.4 Å². The van der Waals surface area contributed by atoms with Crippen LogP contribution in [0, 0.1) is 34.5 Å². The molecule has 208 valence electrons. The number of fused-ring (bicyclic) bond motifs is 1. The van der Waals surface area contributed by atoms with Crippen molar-refractivity contribution in [3.63, 3.8) is 0 Å². The number of rotatable bonds is 5. The Kier molecular flexibility index (Phi) is 22.3. The lowest BCUT2D eigenvalue weighted by atomic mass is 9.49. The fraction of sp³-hybridized carbons (Fsp3) is 1.00. The number of hydrogen-bond acceptors (Lipinski definition) is 2. The minimum Gasteiger partial charge on any atom is -0.396 e. The van der Waals surface area contributed by atoms with Crippen LogP contribution < -0.4 is 5.73 Å². The molecule has 2 heteroatoms. The molecule has 0 saturated heterocycles. The van der Waals surface area contributed by atoms with Gasteiger partial charge in [-0.2, -0.15) is 0 Å². The van der Waals surface area contributed by atoms with Crippen LogP contribution in [0.5, 0.6) is 0 Å². The molecule has 3 rings (SSSR count). The minimum absolute atomic E-state index is 0.219. The van der Waals surface area contributed by atoms with Crippen LogP contribution in [0.15, 0.2) is 0 Å². The van der Waals surface area contributed by atoms with E-state index in [1.54, 1.807) is 12.8 Å². The Morgan fingerprint density at radius 3 is 1.76 bits per heavy atom. The van der Waals surface area contributed by atoms with Crippen LogP contribution >= 0.6 is 0 Å². The molecule has 0 aliphatic heterocycles. The molecular weight excluding hydrogens is 414 g/mol. The zero-order chi connectivity index (χ0) is 26.6. The topological polar surface area (TPSA) is 46.2 Å². The van der Waals surface area contributed by atoms with Crippen LogP contribution in [0.4, 0.5) is 0 Å². The second kappa shape index (κ2) is 21.0. The number of hydrogen-bond donors (Lipinski definition) is 2. The maximum Gasteiger partial charge on any atom is 0.0443 e.